The van der Waals surface area contributed by atoms with Gasteiger partial charge in [-0.25, -0.2) is 0 Å². The summed E-state index contributed by atoms with van der Waals surface area (Å²) in [4.78, 5) is 12.0. The number of thioether (sulfide) groups is 1. The molecular weight excluding hydrogens is 364 g/mol. The van der Waals surface area contributed by atoms with E-state index in [0.29, 0.717) is 17.5 Å². The first-order valence-electron chi connectivity index (χ1n) is 7.80. The Morgan fingerprint density at radius 3 is 2.92 bits per heavy atom. The number of anilines is 1. The van der Waals surface area contributed by atoms with Crippen LogP contribution in [0.25, 0.3) is 0 Å². The molecule has 24 heavy (non-hydrogen) atoms. The quantitative estimate of drug-likeness (QED) is 0.564. The first kappa shape index (κ1) is 19.2. The molecule has 1 amide bonds. The van der Waals surface area contributed by atoms with E-state index in [1.54, 1.807) is 11.8 Å². The second-order valence-electron chi connectivity index (χ2n) is 5.59. The van der Waals surface area contributed by atoms with Crippen LogP contribution in [0, 0.1) is 5.92 Å². The van der Waals surface area contributed by atoms with Crippen molar-refractivity contribution >= 4 is 46.5 Å². The zero-order chi connectivity index (χ0) is 15.9. The van der Waals surface area contributed by atoms with Gasteiger partial charge < -0.3 is 10.6 Å². The van der Waals surface area contributed by atoms with Crippen LogP contribution in [0.5, 0.6) is 0 Å². The molecule has 1 unspecified atom stereocenters. The minimum atomic E-state index is 0. The highest BCUT2D eigenvalue weighted by molar-refractivity contribution is 8.00. The SMILES string of the molecule is Cl.O=C(CCC1CCNC1)Nc1nnc(SCc2ccccc2)s1. The molecule has 2 heterocycles. The number of nitrogens with zero attached hydrogens (tertiary/aromatic N) is 2. The second kappa shape index (κ2) is 9.98. The summed E-state index contributed by atoms with van der Waals surface area (Å²) >= 11 is 3.08. The first-order chi connectivity index (χ1) is 11.3. The van der Waals surface area contributed by atoms with Gasteiger partial charge in [-0.1, -0.05) is 53.4 Å². The van der Waals surface area contributed by atoms with Crippen molar-refractivity contribution < 1.29 is 4.79 Å². The van der Waals surface area contributed by atoms with Crippen LogP contribution in [0.2, 0.25) is 0 Å². The number of carbonyl (C=O) groups is 1. The van der Waals surface area contributed by atoms with Crippen LogP contribution in [0.1, 0.15) is 24.8 Å². The van der Waals surface area contributed by atoms with Crippen LogP contribution in [-0.2, 0) is 10.5 Å². The minimum Gasteiger partial charge on any atom is -0.316 e. The Morgan fingerprint density at radius 1 is 1.33 bits per heavy atom. The fraction of sp³-hybridized carbons (Fsp3) is 0.438. The summed E-state index contributed by atoms with van der Waals surface area (Å²) in [6.07, 6.45) is 2.66. The standard InChI is InChI=1S/C16H20N4OS2.ClH/c21-14(7-6-12-8-9-17-10-12)18-15-19-20-16(23-15)22-11-13-4-2-1-3-5-13;/h1-5,12,17H,6-11H2,(H,18,19,21);1H. The number of nitrogens with one attached hydrogen (secondary N) is 2. The van der Waals surface area contributed by atoms with Gasteiger partial charge in [0.15, 0.2) is 4.34 Å². The molecule has 5 nitrogen and oxygen atoms in total. The highest BCUT2D eigenvalue weighted by Gasteiger charge is 2.16. The molecule has 1 aromatic carbocycles. The van der Waals surface area contributed by atoms with Crippen molar-refractivity contribution in [3.05, 3.63) is 35.9 Å². The van der Waals surface area contributed by atoms with Gasteiger partial charge in [0, 0.05) is 12.2 Å². The molecule has 1 fully saturated rings. The predicted molar refractivity (Wildman–Crippen MR) is 102 cm³/mol. The Labute approximate surface area is 156 Å². The van der Waals surface area contributed by atoms with Gasteiger partial charge in [-0.3, -0.25) is 4.79 Å². The van der Waals surface area contributed by atoms with E-state index < -0.39 is 0 Å². The Bertz CT molecular complexity index is 632. The largest absolute Gasteiger partial charge is 0.316 e. The number of rotatable bonds is 7. The van der Waals surface area contributed by atoms with Gasteiger partial charge in [0.25, 0.3) is 0 Å². The summed E-state index contributed by atoms with van der Waals surface area (Å²) in [5.74, 6) is 1.53. The summed E-state index contributed by atoms with van der Waals surface area (Å²) < 4.78 is 0.879. The van der Waals surface area contributed by atoms with Gasteiger partial charge in [0.1, 0.15) is 0 Å². The molecular formula is C16H21ClN4OS2. The molecule has 1 aromatic heterocycles. The van der Waals surface area contributed by atoms with Gasteiger partial charge in [0.05, 0.1) is 0 Å². The predicted octanol–water partition coefficient (Wildman–Crippen LogP) is 3.58. The van der Waals surface area contributed by atoms with E-state index in [4.69, 9.17) is 0 Å². The number of amides is 1. The molecule has 0 bridgehead atoms. The van der Waals surface area contributed by atoms with Crippen molar-refractivity contribution in [3.63, 3.8) is 0 Å². The van der Waals surface area contributed by atoms with Crippen molar-refractivity contribution in [2.45, 2.75) is 29.4 Å². The third-order valence-corrected chi connectivity index (χ3v) is 5.84. The molecule has 1 saturated heterocycles. The Hall–Kier alpha value is -1.15. The lowest BCUT2D eigenvalue weighted by molar-refractivity contribution is -0.116. The zero-order valence-electron chi connectivity index (χ0n) is 13.2. The summed E-state index contributed by atoms with van der Waals surface area (Å²) in [5, 5.41) is 15.0. The average molecular weight is 385 g/mol. The molecule has 3 rings (SSSR count). The van der Waals surface area contributed by atoms with Crippen molar-refractivity contribution in [1.29, 1.82) is 0 Å². The summed E-state index contributed by atoms with van der Waals surface area (Å²) in [5.41, 5.74) is 1.25. The Morgan fingerprint density at radius 2 is 2.17 bits per heavy atom. The number of hydrogen-bond donors (Lipinski definition) is 2. The number of aromatic nitrogens is 2. The highest BCUT2D eigenvalue weighted by Crippen LogP contribution is 2.28. The zero-order valence-corrected chi connectivity index (χ0v) is 15.7. The fourth-order valence-electron chi connectivity index (χ4n) is 2.52. The van der Waals surface area contributed by atoms with E-state index in [9.17, 15) is 4.79 Å². The normalized spacial score (nSPS) is 16.6. The van der Waals surface area contributed by atoms with Gasteiger partial charge in [0.2, 0.25) is 11.0 Å². The number of benzene rings is 1. The third kappa shape index (κ3) is 6.05. The lowest BCUT2D eigenvalue weighted by Gasteiger charge is -2.06. The van der Waals surface area contributed by atoms with E-state index in [2.05, 4.69) is 33.0 Å². The molecule has 2 aromatic rings. The van der Waals surface area contributed by atoms with E-state index in [0.717, 1.165) is 29.6 Å². The molecule has 1 atom stereocenters. The monoisotopic (exact) mass is 384 g/mol. The minimum absolute atomic E-state index is 0. The summed E-state index contributed by atoms with van der Waals surface area (Å²) in [7, 11) is 0. The molecule has 0 radical (unpaired) electrons. The molecule has 1 aliphatic rings. The van der Waals surface area contributed by atoms with Gasteiger partial charge in [-0.2, -0.15) is 0 Å². The molecule has 0 spiro atoms. The van der Waals surface area contributed by atoms with Gasteiger partial charge in [-0.15, -0.1) is 22.6 Å². The van der Waals surface area contributed by atoms with E-state index >= 15 is 0 Å². The fourth-order valence-corrected chi connectivity index (χ4v) is 4.24. The summed E-state index contributed by atoms with van der Waals surface area (Å²) in [6, 6.07) is 10.3. The Balaban J connectivity index is 0.00000208. The smallest absolute Gasteiger partial charge is 0.226 e. The van der Waals surface area contributed by atoms with Crippen LogP contribution in [0.4, 0.5) is 5.13 Å². The van der Waals surface area contributed by atoms with Crippen LogP contribution in [0.15, 0.2) is 34.7 Å². The maximum absolute atomic E-state index is 12.0. The molecule has 1 aliphatic heterocycles. The van der Waals surface area contributed by atoms with Crippen molar-refractivity contribution in [2.75, 3.05) is 18.4 Å². The van der Waals surface area contributed by atoms with E-state index in [1.807, 2.05) is 18.2 Å². The van der Waals surface area contributed by atoms with Crippen molar-refractivity contribution in [2.24, 2.45) is 5.92 Å². The van der Waals surface area contributed by atoms with Crippen LogP contribution in [0.3, 0.4) is 0 Å². The molecule has 130 valence electrons. The third-order valence-electron chi connectivity index (χ3n) is 3.80. The van der Waals surface area contributed by atoms with Crippen LogP contribution >= 0.6 is 35.5 Å². The van der Waals surface area contributed by atoms with Gasteiger partial charge >= 0.3 is 0 Å². The van der Waals surface area contributed by atoms with E-state index in [1.165, 1.54) is 23.3 Å². The first-order valence-corrected chi connectivity index (χ1v) is 9.60. The maximum atomic E-state index is 12.0. The lowest BCUT2D eigenvalue weighted by atomic mass is 10.0. The van der Waals surface area contributed by atoms with Crippen molar-refractivity contribution in [1.82, 2.24) is 15.5 Å². The summed E-state index contributed by atoms with van der Waals surface area (Å²) in [6.45, 7) is 2.11. The number of halogens is 1. The highest BCUT2D eigenvalue weighted by atomic mass is 35.5. The Kier molecular flexibility index (Phi) is 7.98. The van der Waals surface area contributed by atoms with Crippen LogP contribution in [-0.4, -0.2) is 29.2 Å². The molecule has 2 N–H and O–H groups in total. The second-order valence-corrected chi connectivity index (χ2v) is 7.79. The number of carbonyl (C=O) groups excluding carboxylic acids is 1. The topological polar surface area (TPSA) is 66.9 Å². The number of hydrogen-bond acceptors (Lipinski definition) is 6. The maximum Gasteiger partial charge on any atom is 0.226 e. The van der Waals surface area contributed by atoms with Crippen molar-refractivity contribution in [3.8, 4) is 0 Å². The van der Waals surface area contributed by atoms with Gasteiger partial charge in [-0.05, 0) is 37.4 Å². The molecule has 8 heteroatoms. The lowest BCUT2D eigenvalue weighted by Crippen LogP contribution is -2.14. The van der Waals surface area contributed by atoms with Crippen LogP contribution < -0.4 is 10.6 Å². The average Bonchev–Trinajstić information content (AvgIpc) is 3.24. The van der Waals surface area contributed by atoms with E-state index in [-0.39, 0.29) is 18.3 Å². The molecule has 0 saturated carbocycles. The molecule has 0 aliphatic carbocycles.